The van der Waals surface area contributed by atoms with E-state index in [4.69, 9.17) is 9.47 Å². The Balaban J connectivity index is 1.40. The molecule has 0 radical (unpaired) electrons. The van der Waals surface area contributed by atoms with Gasteiger partial charge in [-0.3, -0.25) is 9.59 Å². The topological polar surface area (TPSA) is 71.6 Å². The minimum absolute atomic E-state index is 0.0294. The number of ketones is 1. The van der Waals surface area contributed by atoms with E-state index in [9.17, 15) is 14.0 Å². The summed E-state index contributed by atoms with van der Waals surface area (Å²) in [6.07, 6.45) is 1.40. The van der Waals surface area contributed by atoms with Gasteiger partial charge in [0.05, 0.1) is 24.3 Å². The molecule has 0 saturated carbocycles. The average Bonchev–Trinajstić information content (AvgIpc) is 3.16. The number of nitrogens with one attached hydrogen (secondary N) is 1. The fraction of sp³-hybridized carbons (Fsp3) is 0.273. The number of ether oxygens (including phenoxy) is 2. The summed E-state index contributed by atoms with van der Waals surface area (Å²) in [5, 5.41) is 0.887. The Morgan fingerprint density at radius 2 is 2.07 bits per heavy atom. The highest BCUT2D eigenvalue weighted by Gasteiger charge is 2.27. The molecule has 1 amide bonds. The molecule has 0 bridgehead atoms. The lowest BCUT2D eigenvalue weighted by molar-refractivity contribution is -0.0401. The highest BCUT2D eigenvalue weighted by Crippen LogP contribution is 2.21. The zero-order valence-electron chi connectivity index (χ0n) is 16.0. The second kappa shape index (κ2) is 8.05. The highest BCUT2D eigenvalue weighted by molar-refractivity contribution is 6.06. The molecular formula is C22H21FN2O4. The van der Waals surface area contributed by atoms with E-state index in [-0.39, 0.29) is 30.0 Å². The fourth-order valence-electron chi connectivity index (χ4n) is 3.48. The number of aromatic nitrogens is 1. The van der Waals surface area contributed by atoms with Gasteiger partial charge in [-0.05, 0) is 25.1 Å². The molecule has 1 N–H and O–H groups in total. The molecule has 1 saturated heterocycles. The maximum Gasteiger partial charge on any atom is 0.256 e. The van der Waals surface area contributed by atoms with E-state index < -0.39 is 5.82 Å². The van der Waals surface area contributed by atoms with Crippen LogP contribution in [0.5, 0.6) is 5.75 Å². The van der Waals surface area contributed by atoms with Gasteiger partial charge >= 0.3 is 0 Å². The standard InChI is InChI=1S/C22H21FN2O4/c1-14(26)17-7-6-15(10-20(17)23)29-13-16-12-25(8-9-28-16)22(27)19-11-24-21-5-3-2-4-18(19)21/h2-7,10-11,16,24H,8-9,12-13H2,1H3. The van der Waals surface area contributed by atoms with Crippen LogP contribution in [0.15, 0.2) is 48.7 Å². The van der Waals surface area contributed by atoms with Gasteiger partial charge in [-0.2, -0.15) is 0 Å². The van der Waals surface area contributed by atoms with E-state index in [0.717, 1.165) is 10.9 Å². The van der Waals surface area contributed by atoms with E-state index in [1.807, 2.05) is 24.3 Å². The molecule has 6 nitrogen and oxygen atoms in total. The number of nitrogens with zero attached hydrogens (tertiary/aromatic N) is 1. The number of rotatable bonds is 5. The maximum atomic E-state index is 13.9. The first kappa shape index (κ1) is 19.1. The first-order valence-electron chi connectivity index (χ1n) is 9.43. The fourth-order valence-corrected chi connectivity index (χ4v) is 3.48. The minimum atomic E-state index is -0.615. The number of carbonyl (C=O) groups excluding carboxylic acids is 2. The molecule has 2 heterocycles. The van der Waals surface area contributed by atoms with Gasteiger partial charge in [0.1, 0.15) is 24.3 Å². The molecule has 0 aliphatic carbocycles. The van der Waals surface area contributed by atoms with Gasteiger partial charge < -0.3 is 19.4 Å². The summed E-state index contributed by atoms with van der Waals surface area (Å²) >= 11 is 0. The predicted molar refractivity (Wildman–Crippen MR) is 106 cm³/mol. The van der Waals surface area contributed by atoms with Crippen LogP contribution < -0.4 is 4.74 Å². The molecule has 1 aliphatic heterocycles. The Bertz CT molecular complexity index is 1060. The van der Waals surface area contributed by atoms with Crippen molar-refractivity contribution >= 4 is 22.6 Å². The first-order chi connectivity index (χ1) is 14.0. The number of halogens is 1. The normalized spacial score (nSPS) is 16.8. The van der Waals surface area contributed by atoms with Gasteiger partial charge in [0.15, 0.2) is 5.78 Å². The Hall–Kier alpha value is -3.19. The van der Waals surface area contributed by atoms with Crippen molar-refractivity contribution in [1.82, 2.24) is 9.88 Å². The van der Waals surface area contributed by atoms with Crippen molar-refractivity contribution in [2.24, 2.45) is 0 Å². The summed E-state index contributed by atoms with van der Waals surface area (Å²) in [7, 11) is 0. The summed E-state index contributed by atoms with van der Waals surface area (Å²) in [5.41, 5.74) is 1.57. The monoisotopic (exact) mass is 396 g/mol. The van der Waals surface area contributed by atoms with Crippen LogP contribution in [0.3, 0.4) is 0 Å². The van der Waals surface area contributed by atoms with Crippen molar-refractivity contribution in [1.29, 1.82) is 0 Å². The van der Waals surface area contributed by atoms with Crippen LogP contribution in [0.4, 0.5) is 4.39 Å². The smallest absolute Gasteiger partial charge is 0.256 e. The van der Waals surface area contributed by atoms with Gasteiger partial charge in [-0.15, -0.1) is 0 Å². The van der Waals surface area contributed by atoms with Crippen molar-refractivity contribution in [2.75, 3.05) is 26.3 Å². The van der Waals surface area contributed by atoms with Crippen molar-refractivity contribution < 1.29 is 23.5 Å². The number of morpholine rings is 1. The SMILES string of the molecule is CC(=O)c1ccc(OCC2CN(C(=O)c3c[nH]c4ccccc34)CCO2)cc1F. The largest absolute Gasteiger partial charge is 0.491 e. The zero-order chi connectivity index (χ0) is 20.4. The molecular weight excluding hydrogens is 375 g/mol. The van der Waals surface area contributed by atoms with Crippen LogP contribution >= 0.6 is 0 Å². The Morgan fingerprint density at radius 1 is 1.24 bits per heavy atom. The third-order valence-corrected chi connectivity index (χ3v) is 5.00. The molecule has 4 rings (SSSR count). The number of fused-ring (bicyclic) bond motifs is 1. The minimum Gasteiger partial charge on any atom is -0.491 e. The van der Waals surface area contributed by atoms with Crippen LogP contribution in [0, 0.1) is 5.82 Å². The predicted octanol–water partition coefficient (Wildman–Crippen LogP) is 3.43. The third-order valence-electron chi connectivity index (χ3n) is 5.00. The van der Waals surface area contributed by atoms with Crippen molar-refractivity contribution in [3.63, 3.8) is 0 Å². The van der Waals surface area contributed by atoms with Gasteiger partial charge in [0, 0.05) is 29.7 Å². The molecule has 1 aromatic heterocycles. The van der Waals surface area contributed by atoms with E-state index in [1.165, 1.54) is 19.1 Å². The molecule has 29 heavy (non-hydrogen) atoms. The van der Waals surface area contributed by atoms with Gasteiger partial charge in [-0.1, -0.05) is 18.2 Å². The van der Waals surface area contributed by atoms with Crippen LogP contribution in [0.2, 0.25) is 0 Å². The number of hydrogen-bond donors (Lipinski definition) is 1. The Morgan fingerprint density at radius 3 is 2.86 bits per heavy atom. The summed E-state index contributed by atoms with van der Waals surface area (Å²) in [5.74, 6) is -0.699. The number of benzene rings is 2. The molecule has 2 aromatic carbocycles. The molecule has 7 heteroatoms. The summed E-state index contributed by atoms with van der Waals surface area (Å²) in [6.45, 7) is 2.77. The van der Waals surface area contributed by atoms with Gasteiger partial charge in [0.25, 0.3) is 5.91 Å². The summed E-state index contributed by atoms with van der Waals surface area (Å²) in [4.78, 5) is 29.2. The van der Waals surface area contributed by atoms with Crippen molar-refractivity contribution in [2.45, 2.75) is 13.0 Å². The van der Waals surface area contributed by atoms with Crippen molar-refractivity contribution in [3.8, 4) is 5.75 Å². The quantitative estimate of drug-likeness (QED) is 0.671. The van der Waals surface area contributed by atoms with Gasteiger partial charge in [0.2, 0.25) is 0 Å². The number of hydrogen-bond acceptors (Lipinski definition) is 4. The molecule has 0 spiro atoms. The number of Topliss-reactive ketones (excluding diaryl/α,β-unsaturated/α-hetero) is 1. The average molecular weight is 396 g/mol. The molecule has 1 unspecified atom stereocenters. The van der Waals surface area contributed by atoms with E-state index in [0.29, 0.717) is 31.0 Å². The van der Waals surface area contributed by atoms with Crippen molar-refractivity contribution in [3.05, 3.63) is 65.6 Å². The highest BCUT2D eigenvalue weighted by atomic mass is 19.1. The second-order valence-electron chi connectivity index (χ2n) is 7.00. The summed E-state index contributed by atoms with van der Waals surface area (Å²) < 4.78 is 25.3. The lowest BCUT2D eigenvalue weighted by atomic mass is 10.1. The van der Waals surface area contributed by atoms with E-state index >= 15 is 0 Å². The van der Waals surface area contributed by atoms with Crippen LogP contribution in [-0.2, 0) is 4.74 Å². The Kier molecular flexibility index (Phi) is 5.31. The third kappa shape index (κ3) is 4.00. The lowest BCUT2D eigenvalue weighted by Gasteiger charge is -2.32. The van der Waals surface area contributed by atoms with Gasteiger partial charge in [-0.25, -0.2) is 4.39 Å². The number of para-hydroxylation sites is 1. The maximum absolute atomic E-state index is 13.9. The second-order valence-corrected chi connectivity index (χ2v) is 7.00. The molecule has 1 atom stereocenters. The molecule has 3 aromatic rings. The first-order valence-corrected chi connectivity index (χ1v) is 9.43. The lowest BCUT2D eigenvalue weighted by Crippen LogP contribution is -2.47. The number of amides is 1. The zero-order valence-corrected chi connectivity index (χ0v) is 16.0. The number of H-pyrrole nitrogens is 1. The number of carbonyl (C=O) groups is 2. The van der Waals surface area contributed by atoms with Crippen LogP contribution in [-0.4, -0.2) is 54.0 Å². The summed E-state index contributed by atoms with van der Waals surface area (Å²) in [6, 6.07) is 11.8. The molecule has 1 aliphatic rings. The Labute approximate surface area is 167 Å². The van der Waals surface area contributed by atoms with Crippen LogP contribution in [0.25, 0.3) is 10.9 Å². The molecule has 150 valence electrons. The number of aromatic amines is 1. The van der Waals surface area contributed by atoms with E-state index in [2.05, 4.69) is 4.98 Å². The molecule has 1 fully saturated rings. The van der Waals surface area contributed by atoms with E-state index in [1.54, 1.807) is 17.2 Å². The van der Waals surface area contributed by atoms with Crippen LogP contribution in [0.1, 0.15) is 27.6 Å².